The summed E-state index contributed by atoms with van der Waals surface area (Å²) in [5.41, 5.74) is 6.77. The van der Waals surface area contributed by atoms with Crippen LogP contribution in [0.4, 0.5) is 5.69 Å². The normalized spacial score (nSPS) is 17.4. The first-order chi connectivity index (χ1) is 9.31. The molecule has 19 heavy (non-hydrogen) atoms. The molecule has 0 bridgehead atoms. The maximum atomic E-state index is 5.59. The molecule has 1 aliphatic rings. The lowest BCUT2D eigenvalue weighted by atomic mass is 10.0. The van der Waals surface area contributed by atoms with E-state index in [0.717, 1.165) is 31.9 Å². The lowest BCUT2D eigenvalue weighted by Gasteiger charge is -2.32. The highest BCUT2D eigenvalue weighted by atomic mass is 16.5. The number of ether oxygens (including phenoxy) is 1. The minimum absolute atomic E-state index is 0.576. The number of nitrogens with one attached hydrogen (secondary N) is 1. The fourth-order valence-corrected chi connectivity index (χ4v) is 2.53. The number of benzene rings is 1. The summed E-state index contributed by atoms with van der Waals surface area (Å²) in [6.45, 7) is 6.79. The van der Waals surface area contributed by atoms with E-state index in [2.05, 4.69) is 22.3 Å². The molecule has 1 fully saturated rings. The Labute approximate surface area is 115 Å². The smallest absolute Gasteiger partial charge is 0.119 e. The maximum absolute atomic E-state index is 5.59. The van der Waals surface area contributed by atoms with Crippen LogP contribution in [0.15, 0.2) is 24.3 Å². The first-order valence-electron chi connectivity index (χ1n) is 7.23. The van der Waals surface area contributed by atoms with Gasteiger partial charge in [0.05, 0.1) is 6.61 Å². The number of piperidine rings is 1. The Morgan fingerprint density at radius 3 is 2.53 bits per heavy atom. The van der Waals surface area contributed by atoms with Gasteiger partial charge in [0.25, 0.3) is 0 Å². The molecule has 0 unspecified atom stereocenters. The van der Waals surface area contributed by atoms with Crippen molar-refractivity contribution >= 4 is 5.69 Å². The predicted molar refractivity (Wildman–Crippen MR) is 79.8 cm³/mol. The molecule has 0 spiro atoms. The van der Waals surface area contributed by atoms with Gasteiger partial charge in [-0.1, -0.05) is 0 Å². The van der Waals surface area contributed by atoms with Crippen molar-refractivity contribution in [3.8, 4) is 5.75 Å². The lowest BCUT2D eigenvalue weighted by molar-refractivity contribution is 0.224. The van der Waals surface area contributed by atoms with Crippen LogP contribution in [0.3, 0.4) is 0 Å². The summed E-state index contributed by atoms with van der Waals surface area (Å²) in [7, 11) is 0. The van der Waals surface area contributed by atoms with Gasteiger partial charge < -0.3 is 20.7 Å². The van der Waals surface area contributed by atoms with Crippen molar-refractivity contribution in [1.29, 1.82) is 0 Å². The molecule has 1 heterocycles. The van der Waals surface area contributed by atoms with E-state index in [4.69, 9.17) is 10.5 Å². The molecule has 0 amide bonds. The highest BCUT2D eigenvalue weighted by molar-refractivity contribution is 5.47. The summed E-state index contributed by atoms with van der Waals surface area (Å²) >= 11 is 0. The summed E-state index contributed by atoms with van der Waals surface area (Å²) in [5, 5.41) is 3.60. The molecular weight excluding hydrogens is 238 g/mol. The molecule has 1 aliphatic heterocycles. The minimum Gasteiger partial charge on any atom is -0.494 e. The third-order valence-corrected chi connectivity index (χ3v) is 3.57. The quantitative estimate of drug-likeness (QED) is 0.823. The number of rotatable bonds is 6. The minimum atomic E-state index is 0.576. The molecular formula is C15H25N3O. The van der Waals surface area contributed by atoms with Gasteiger partial charge in [0.2, 0.25) is 0 Å². The molecule has 106 valence electrons. The molecule has 3 N–H and O–H groups in total. The van der Waals surface area contributed by atoms with E-state index in [0.29, 0.717) is 12.6 Å². The molecule has 4 heteroatoms. The van der Waals surface area contributed by atoms with Gasteiger partial charge in [-0.3, -0.25) is 0 Å². The standard InChI is InChI=1S/C15H25N3O/c1-2-19-15-5-3-13(4-6-15)17-14-7-10-18(11-8-14)12-9-16/h3-6,14,17H,2,7-12,16H2,1H3. The molecule has 0 aromatic heterocycles. The number of likely N-dealkylation sites (tertiary alicyclic amines) is 1. The Kier molecular flexibility index (Phi) is 5.48. The zero-order valence-corrected chi connectivity index (χ0v) is 11.8. The first kappa shape index (κ1) is 14.2. The van der Waals surface area contributed by atoms with E-state index in [1.165, 1.54) is 18.5 Å². The van der Waals surface area contributed by atoms with Gasteiger partial charge in [0.15, 0.2) is 0 Å². The van der Waals surface area contributed by atoms with Crippen molar-refractivity contribution < 1.29 is 4.74 Å². The summed E-state index contributed by atoms with van der Waals surface area (Å²) in [6, 6.07) is 8.81. The predicted octanol–water partition coefficient (Wildman–Crippen LogP) is 1.92. The third kappa shape index (κ3) is 4.40. The Balaban J connectivity index is 1.78. The van der Waals surface area contributed by atoms with Gasteiger partial charge in [-0.15, -0.1) is 0 Å². The molecule has 1 saturated heterocycles. The Hall–Kier alpha value is -1.26. The zero-order valence-electron chi connectivity index (χ0n) is 11.8. The van der Waals surface area contributed by atoms with Crippen molar-refractivity contribution in [3.05, 3.63) is 24.3 Å². The van der Waals surface area contributed by atoms with E-state index in [1.807, 2.05) is 19.1 Å². The fraction of sp³-hybridized carbons (Fsp3) is 0.600. The average Bonchev–Trinajstić information content (AvgIpc) is 2.44. The van der Waals surface area contributed by atoms with Crippen molar-refractivity contribution in [3.63, 3.8) is 0 Å². The van der Waals surface area contributed by atoms with E-state index in [1.54, 1.807) is 0 Å². The van der Waals surface area contributed by atoms with Crippen LogP contribution in [0.25, 0.3) is 0 Å². The van der Waals surface area contributed by atoms with Crippen LogP contribution in [-0.4, -0.2) is 43.7 Å². The van der Waals surface area contributed by atoms with Crippen molar-refractivity contribution in [2.75, 3.05) is 38.1 Å². The van der Waals surface area contributed by atoms with Crippen LogP contribution in [0.1, 0.15) is 19.8 Å². The highest BCUT2D eigenvalue weighted by Crippen LogP contribution is 2.19. The van der Waals surface area contributed by atoms with Gasteiger partial charge in [-0.2, -0.15) is 0 Å². The van der Waals surface area contributed by atoms with Crippen LogP contribution >= 0.6 is 0 Å². The fourth-order valence-electron chi connectivity index (χ4n) is 2.53. The van der Waals surface area contributed by atoms with Crippen LogP contribution in [0.2, 0.25) is 0 Å². The molecule has 0 radical (unpaired) electrons. The number of nitrogens with zero attached hydrogens (tertiary/aromatic N) is 1. The summed E-state index contributed by atoms with van der Waals surface area (Å²) in [5.74, 6) is 0.936. The molecule has 2 rings (SSSR count). The Morgan fingerprint density at radius 2 is 1.95 bits per heavy atom. The number of hydrogen-bond acceptors (Lipinski definition) is 4. The first-order valence-corrected chi connectivity index (χ1v) is 7.23. The van der Waals surface area contributed by atoms with Gasteiger partial charge in [-0.05, 0) is 44.0 Å². The summed E-state index contributed by atoms with van der Waals surface area (Å²) < 4.78 is 5.45. The number of hydrogen-bond donors (Lipinski definition) is 2. The Morgan fingerprint density at radius 1 is 1.26 bits per heavy atom. The van der Waals surface area contributed by atoms with Crippen molar-refractivity contribution in [2.45, 2.75) is 25.8 Å². The maximum Gasteiger partial charge on any atom is 0.119 e. The van der Waals surface area contributed by atoms with Crippen LogP contribution in [-0.2, 0) is 0 Å². The van der Waals surface area contributed by atoms with Crippen LogP contribution < -0.4 is 15.8 Å². The van der Waals surface area contributed by atoms with Crippen LogP contribution in [0, 0.1) is 0 Å². The third-order valence-electron chi connectivity index (χ3n) is 3.57. The van der Waals surface area contributed by atoms with Gasteiger partial charge in [0, 0.05) is 37.9 Å². The second-order valence-electron chi connectivity index (χ2n) is 5.01. The van der Waals surface area contributed by atoms with E-state index >= 15 is 0 Å². The van der Waals surface area contributed by atoms with Crippen LogP contribution in [0.5, 0.6) is 5.75 Å². The largest absolute Gasteiger partial charge is 0.494 e. The highest BCUT2D eigenvalue weighted by Gasteiger charge is 2.18. The van der Waals surface area contributed by atoms with Gasteiger partial charge >= 0.3 is 0 Å². The van der Waals surface area contributed by atoms with Gasteiger partial charge in [-0.25, -0.2) is 0 Å². The van der Waals surface area contributed by atoms with E-state index < -0.39 is 0 Å². The molecule has 0 saturated carbocycles. The second-order valence-corrected chi connectivity index (χ2v) is 5.01. The lowest BCUT2D eigenvalue weighted by Crippen LogP contribution is -2.41. The number of nitrogens with two attached hydrogens (primary N) is 1. The molecule has 4 nitrogen and oxygen atoms in total. The topological polar surface area (TPSA) is 50.5 Å². The summed E-state index contributed by atoms with van der Waals surface area (Å²) in [4.78, 5) is 2.44. The van der Waals surface area contributed by atoms with Crippen molar-refractivity contribution in [1.82, 2.24) is 4.90 Å². The molecule has 1 aromatic carbocycles. The zero-order chi connectivity index (χ0) is 13.5. The molecule has 0 atom stereocenters. The monoisotopic (exact) mass is 263 g/mol. The van der Waals surface area contributed by atoms with Crippen molar-refractivity contribution in [2.24, 2.45) is 5.73 Å². The number of anilines is 1. The van der Waals surface area contributed by atoms with E-state index in [9.17, 15) is 0 Å². The SMILES string of the molecule is CCOc1ccc(NC2CCN(CCN)CC2)cc1. The Bertz CT molecular complexity index is 358. The van der Waals surface area contributed by atoms with Gasteiger partial charge in [0.1, 0.15) is 5.75 Å². The summed E-state index contributed by atoms with van der Waals surface area (Å²) in [6.07, 6.45) is 2.38. The average molecular weight is 263 g/mol. The van der Waals surface area contributed by atoms with E-state index in [-0.39, 0.29) is 0 Å². The molecule has 1 aromatic rings. The molecule has 0 aliphatic carbocycles. The second kappa shape index (κ2) is 7.36.